The second-order valence-corrected chi connectivity index (χ2v) is 7.76. The zero-order chi connectivity index (χ0) is 19.8. The maximum absolute atomic E-state index is 5.43. The number of hydrogen-bond acceptors (Lipinski definition) is 6. The molecule has 0 aliphatic heterocycles. The summed E-state index contributed by atoms with van der Waals surface area (Å²) in [5, 5.41) is 7.15. The van der Waals surface area contributed by atoms with E-state index in [2.05, 4.69) is 32.7 Å². The fourth-order valence-corrected chi connectivity index (χ4v) is 3.80. The molecule has 6 nitrogen and oxygen atoms in total. The molecule has 1 heterocycles. The summed E-state index contributed by atoms with van der Waals surface area (Å²) in [6, 6.07) is 10.7. The van der Waals surface area contributed by atoms with Crippen LogP contribution in [0.15, 0.2) is 36.5 Å². The van der Waals surface area contributed by atoms with Crippen LogP contribution in [0.25, 0.3) is 0 Å². The number of rotatable bonds is 9. The first-order chi connectivity index (χ1) is 13.7. The van der Waals surface area contributed by atoms with Crippen LogP contribution in [0.3, 0.4) is 0 Å². The zero-order valence-corrected chi connectivity index (χ0v) is 17.3. The number of hydrogen-bond donors (Lipinski definition) is 2. The predicted molar refractivity (Wildman–Crippen MR) is 115 cm³/mol. The Morgan fingerprint density at radius 1 is 1.11 bits per heavy atom. The van der Waals surface area contributed by atoms with Gasteiger partial charge in [0.1, 0.15) is 11.6 Å². The van der Waals surface area contributed by atoms with Gasteiger partial charge in [-0.1, -0.05) is 18.2 Å². The van der Waals surface area contributed by atoms with E-state index >= 15 is 0 Å². The molecule has 28 heavy (non-hydrogen) atoms. The predicted octanol–water partition coefficient (Wildman–Crippen LogP) is 3.35. The molecule has 0 amide bonds. The third-order valence-electron chi connectivity index (χ3n) is 5.48. The van der Waals surface area contributed by atoms with Gasteiger partial charge < -0.3 is 20.3 Å². The molecule has 0 radical (unpaired) electrons. The smallest absolute Gasteiger partial charge is 0.224 e. The Bertz CT molecular complexity index is 728. The van der Waals surface area contributed by atoms with E-state index < -0.39 is 0 Å². The van der Waals surface area contributed by atoms with Crippen LogP contribution in [0.1, 0.15) is 31.2 Å². The number of nitrogens with one attached hydrogen (secondary N) is 2. The molecule has 1 aliphatic rings. The molecule has 1 aromatic carbocycles. The van der Waals surface area contributed by atoms with Crippen LogP contribution >= 0.6 is 0 Å². The lowest BCUT2D eigenvalue weighted by molar-refractivity contribution is 0.324. The maximum atomic E-state index is 5.43. The molecule has 2 N–H and O–H groups in total. The van der Waals surface area contributed by atoms with E-state index in [1.165, 1.54) is 31.2 Å². The second-order valence-electron chi connectivity index (χ2n) is 7.76. The van der Waals surface area contributed by atoms with Crippen molar-refractivity contribution in [2.45, 2.75) is 38.1 Å². The minimum Gasteiger partial charge on any atom is -0.496 e. The number of ether oxygens (including phenoxy) is 1. The van der Waals surface area contributed by atoms with Crippen LogP contribution in [0, 0.1) is 5.92 Å². The van der Waals surface area contributed by atoms with E-state index in [0.29, 0.717) is 6.04 Å². The minimum absolute atomic E-state index is 0.474. The lowest BCUT2D eigenvalue weighted by Gasteiger charge is -2.29. The standard InChI is InChI=1S/C22H33N5O/c1-27(2)21-13-15-24-22(26-21)25-19-10-8-17(9-11-19)16-23-14-12-18-6-4-5-7-20(18)28-3/h4-7,13,15,17,19,23H,8-12,14,16H2,1-3H3,(H,24,25,26). The Balaban J connectivity index is 1.36. The molecule has 3 rings (SSSR count). The highest BCUT2D eigenvalue weighted by molar-refractivity contribution is 5.41. The van der Waals surface area contributed by atoms with Crippen LogP contribution in [0.4, 0.5) is 11.8 Å². The molecular formula is C22H33N5O. The SMILES string of the molecule is COc1ccccc1CCNCC1CCC(Nc2nccc(N(C)C)n2)CC1. The first-order valence-electron chi connectivity index (χ1n) is 10.2. The van der Waals surface area contributed by atoms with E-state index in [1.807, 2.05) is 43.4 Å². The van der Waals surface area contributed by atoms with Gasteiger partial charge in [0.25, 0.3) is 0 Å². The fraction of sp³-hybridized carbons (Fsp3) is 0.545. The summed E-state index contributed by atoms with van der Waals surface area (Å²) in [7, 11) is 5.73. The maximum Gasteiger partial charge on any atom is 0.224 e. The van der Waals surface area contributed by atoms with Gasteiger partial charge in [0.2, 0.25) is 5.95 Å². The molecule has 1 saturated carbocycles. The van der Waals surface area contributed by atoms with Gasteiger partial charge in [-0.3, -0.25) is 0 Å². The average Bonchev–Trinajstić information content (AvgIpc) is 2.73. The van der Waals surface area contributed by atoms with Gasteiger partial charge >= 0.3 is 0 Å². The number of benzene rings is 1. The van der Waals surface area contributed by atoms with Crippen LogP contribution in [-0.2, 0) is 6.42 Å². The number of aromatic nitrogens is 2. The van der Waals surface area contributed by atoms with E-state index in [4.69, 9.17) is 4.74 Å². The Kier molecular flexibility index (Phi) is 7.48. The van der Waals surface area contributed by atoms with Crippen molar-refractivity contribution < 1.29 is 4.74 Å². The molecule has 0 atom stereocenters. The largest absolute Gasteiger partial charge is 0.496 e. The van der Waals surface area contributed by atoms with Crippen molar-refractivity contribution in [3.63, 3.8) is 0 Å². The molecule has 152 valence electrons. The van der Waals surface area contributed by atoms with E-state index in [-0.39, 0.29) is 0 Å². The van der Waals surface area contributed by atoms with Crippen molar-refractivity contribution in [3.05, 3.63) is 42.1 Å². The van der Waals surface area contributed by atoms with E-state index in [0.717, 1.165) is 42.9 Å². The number of nitrogens with zero attached hydrogens (tertiary/aromatic N) is 3. The highest BCUT2D eigenvalue weighted by atomic mass is 16.5. The van der Waals surface area contributed by atoms with Gasteiger partial charge in [-0.15, -0.1) is 0 Å². The van der Waals surface area contributed by atoms with Crippen LogP contribution < -0.4 is 20.3 Å². The third-order valence-corrected chi connectivity index (χ3v) is 5.48. The van der Waals surface area contributed by atoms with Crippen molar-refractivity contribution in [1.82, 2.24) is 15.3 Å². The summed E-state index contributed by atoms with van der Waals surface area (Å²) in [5.41, 5.74) is 1.27. The van der Waals surface area contributed by atoms with Gasteiger partial charge in [0.15, 0.2) is 0 Å². The quantitative estimate of drug-likeness (QED) is 0.648. The van der Waals surface area contributed by atoms with E-state index in [1.54, 1.807) is 7.11 Å². The van der Waals surface area contributed by atoms with Crippen molar-refractivity contribution >= 4 is 11.8 Å². The molecule has 2 aromatic rings. The summed E-state index contributed by atoms with van der Waals surface area (Å²) in [5.74, 6) is 3.41. The summed E-state index contributed by atoms with van der Waals surface area (Å²) in [6.45, 7) is 2.08. The Morgan fingerprint density at radius 2 is 1.89 bits per heavy atom. The highest BCUT2D eigenvalue weighted by Gasteiger charge is 2.21. The van der Waals surface area contributed by atoms with Crippen LogP contribution in [-0.4, -0.2) is 50.3 Å². The minimum atomic E-state index is 0.474. The van der Waals surface area contributed by atoms with Crippen molar-refractivity contribution in [3.8, 4) is 5.75 Å². The topological polar surface area (TPSA) is 62.3 Å². The number of para-hydroxylation sites is 1. The molecule has 1 aromatic heterocycles. The molecule has 0 unspecified atom stereocenters. The van der Waals surface area contributed by atoms with Gasteiger partial charge in [-0.2, -0.15) is 4.98 Å². The lowest BCUT2D eigenvalue weighted by Crippen LogP contribution is -2.32. The van der Waals surface area contributed by atoms with Gasteiger partial charge in [0.05, 0.1) is 7.11 Å². The average molecular weight is 384 g/mol. The molecule has 0 spiro atoms. The summed E-state index contributed by atoms with van der Waals surface area (Å²) >= 11 is 0. The van der Waals surface area contributed by atoms with Gasteiger partial charge in [0, 0.05) is 26.3 Å². The van der Waals surface area contributed by atoms with Gasteiger partial charge in [-0.05, 0) is 68.8 Å². The monoisotopic (exact) mass is 383 g/mol. The zero-order valence-electron chi connectivity index (χ0n) is 17.3. The molecule has 1 aliphatic carbocycles. The molecule has 6 heteroatoms. The number of methoxy groups -OCH3 is 1. The lowest BCUT2D eigenvalue weighted by atomic mass is 9.86. The Morgan fingerprint density at radius 3 is 2.64 bits per heavy atom. The van der Waals surface area contributed by atoms with E-state index in [9.17, 15) is 0 Å². The first-order valence-corrected chi connectivity index (χ1v) is 10.2. The molecule has 0 saturated heterocycles. The van der Waals surface area contributed by atoms with Crippen LogP contribution in [0.2, 0.25) is 0 Å². The van der Waals surface area contributed by atoms with Crippen molar-refractivity contribution in [2.24, 2.45) is 5.92 Å². The Hall–Kier alpha value is -2.34. The van der Waals surface area contributed by atoms with Gasteiger partial charge in [-0.25, -0.2) is 4.98 Å². The first kappa shape index (κ1) is 20.4. The second kappa shape index (κ2) is 10.3. The number of anilines is 2. The van der Waals surface area contributed by atoms with Crippen molar-refractivity contribution in [2.75, 3.05) is 44.5 Å². The Labute approximate surface area is 168 Å². The summed E-state index contributed by atoms with van der Waals surface area (Å²) in [6.07, 6.45) is 7.66. The summed E-state index contributed by atoms with van der Waals surface area (Å²) < 4.78 is 5.43. The summed E-state index contributed by atoms with van der Waals surface area (Å²) in [4.78, 5) is 10.9. The fourth-order valence-electron chi connectivity index (χ4n) is 3.80. The third kappa shape index (κ3) is 5.83. The molecular weight excluding hydrogens is 350 g/mol. The van der Waals surface area contributed by atoms with Crippen molar-refractivity contribution in [1.29, 1.82) is 0 Å². The van der Waals surface area contributed by atoms with Crippen LogP contribution in [0.5, 0.6) is 5.75 Å². The molecule has 1 fully saturated rings. The normalized spacial score (nSPS) is 19.2. The molecule has 0 bridgehead atoms. The highest BCUT2D eigenvalue weighted by Crippen LogP contribution is 2.26.